The van der Waals surface area contributed by atoms with E-state index in [0.717, 1.165) is 12.8 Å². The molecule has 0 fully saturated rings. The number of anilines is 1. The molecule has 9 nitrogen and oxygen atoms in total. The molecule has 0 aliphatic carbocycles. The Labute approximate surface area is 255 Å². The van der Waals surface area contributed by atoms with E-state index in [9.17, 15) is 14.4 Å². The van der Waals surface area contributed by atoms with Crippen LogP contribution in [0.25, 0.3) is 22.2 Å². The molecule has 9 heteroatoms. The topological polar surface area (TPSA) is 109 Å². The lowest BCUT2D eigenvalue weighted by Crippen LogP contribution is -2.29. The van der Waals surface area contributed by atoms with E-state index >= 15 is 0 Å². The highest BCUT2D eigenvalue weighted by molar-refractivity contribution is 6.03. The fourth-order valence-corrected chi connectivity index (χ4v) is 4.76. The Bertz CT molecular complexity index is 1790. The van der Waals surface area contributed by atoms with Crippen LogP contribution in [0.5, 0.6) is 11.5 Å². The van der Waals surface area contributed by atoms with Crippen LogP contribution in [-0.4, -0.2) is 34.8 Å². The summed E-state index contributed by atoms with van der Waals surface area (Å²) in [6.45, 7) is 3.01. The summed E-state index contributed by atoms with van der Waals surface area (Å²) in [5.74, 6) is 0.527. The van der Waals surface area contributed by atoms with Crippen LogP contribution in [0, 0.1) is 0 Å². The minimum absolute atomic E-state index is 0.0903. The molecular formula is C35H33N3O6. The molecule has 1 amide bonds. The van der Waals surface area contributed by atoms with E-state index < -0.39 is 6.09 Å². The lowest BCUT2D eigenvalue weighted by atomic mass is 10.00. The molecule has 44 heavy (non-hydrogen) atoms. The minimum Gasteiger partial charge on any atom is -0.493 e. The SMILES string of the molecule is CCCCn1c(=O)c(NC(=O)Oc2ccccc2)c(-c2cccc(OCCCOC(=O)c3ccccc3)c2)c2cccnc21. The molecule has 5 aromatic rings. The zero-order valence-electron chi connectivity index (χ0n) is 24.4. The highest BCUT2D eigenvalue weighted by Crippen LogP contribution is 2.35. The number of aromatic nitrogens is 2. The summed E-state index contributed by atoms with van der Waals surface area (Å²) in [5, 5.41) is 3.42. The highest BCUT2D eigenvalue weighted by atomic mass is 16.6. The molecule has 0 aliphatic rings. The number of nitrogens with zero attached hydrogens (tertiary/aromatic N) is 2. The van der Waals surface area contributed by atoms with Gasteiger partial charge in [0.2, 0.25) is 0 Å². The van der Waals surface area contributed by atoms with E-state index in [-0.39, 0.29) is 23.8 Å². The van der Waals surface area contributed by atoms with Gasteiger partial charge in [0.25, 0.3) is 5.56 Å². The van der Waals surface area contributed by atoms with E-state index in [4.69, 9.17) is 14.2 Å². The van der Waals surface area contributed by atoms with E-state index in [1.54, 1.807) is 77.5 Å². The second kappa shape index (κ2) is 14.6. The first kappa shape index (κ1) is 30.0. The first-order valence-corrected chi connectivity index (χ1v) is 14.6. The van der Waals surface area contributed by atoms with Gasteiger partial charge < -0.3 is 14.2 Å². The lowest BCUT2D eigenvalue weighted by Gasteiger charge is -2.18. The number of unbranched alkanes of at least 4 members (excludes halogenated alkanes) is 1. The average molecular weight is 592 g/mol. The van der Waals surface area contributed by atoms with Gasteiger partial charge in [0, 0.05) is 30.1 Å². The number of carbonyl (C=O) groups excluding carboxylic acids is 2. The van der Waals surface area contributed by atoms with Crippen molar-refractivity contribution < 1.29 is 23.8 Å². The Balaban J connectivity index is 1.41. The second-order valence-electron chi connectivity index (χ2n) is 9.99. The first-order valence-electron chi connectivity index (χ1n) is 14.6. The van der Waals surface area contributed by atoms with Crippen LogP contribution >= 0.6 is 0 Å². The van der Waals surface area contributed by atoms with Gasteiger partial charge in [-0.2, -0.15) is 0 Å². The lowest BCUT2D eigenvalue weighted by molar-refractivity contribution is 0.0486. The van der Waals surface area contributed by atoms with Crippen molar-refractivity contribution in [1.29, 1.82) is 0 Å². The molecule has 0 bridgehead atoms. The van der Waals surface area contributed by atoms with Crippen LogP contribution < -0.4 is 20.3 Å². The molecule has 2 aromatic heterocycles. The van der Waals surface area contributed by atoms with Gasteiger partial charge in [0.1, 0.15) is 22.8 Å². The highest BCUT2D eigenvalue weighted by Gasteiger charge is 2.22. The van der Waals surface area contributed by atoms with Crippen molar-refractivity contribution >= 4 is 28.8 Å². The van der Waals surface area contributed by atoms with E-state index in [2.05, 4.69) is 10.3 Å². The number of nitrogens with one attached hydrogen (secondary N) is 1. The predicted octanol–water partition coefficient (Wildman–Crippen LogP) is 7.10. The van der Waals surface area contributed by atoms with Crippen molar-refractivity contribution in [2.45, 2.75) is 32.7 Å². The maximum atomic E-state index is 13.9. The Morgan fingerprint density at radius 2 is 1.59 bits per heavy atom. The van der Waals surface area contributed by atoms with Gasteiger partial charge in [-0.05, 0) is 60.5 Å². The van der Waals surface area contributed by atoms with Crippen molar-refractivity contribution in [3.8, 4) is 22.6 Å². The Hall–Kier alpha value is -5.44. The number of benzene rings is 3. The van der Waals surface area contributed by atoms with E-state index in [0.29, 0.717) is 58.8 Å². The summed E-state index contributed by atoms with van der Waals surface area (Å²) < 4.78 is 18.4. The van der Waals surface area contributed by atoms with E-state index in [1.165, 1.54) is 0 Å². The summed E-state index contributed by atoms with van der Waals surface area (Å²) in [7, 11) is 0. The zero-order chi connectivity index (χ0) is 30.7. The molecule has 0 spiro atoms. The summed E-state index contributed by atoms with van der Waals surface area (Å²) in [6.07, 6.45) is 3.00. The van der Waals surface area contributed by atoms with Gasteiger partial charge in [0.15, 0.2) is 0 Å². The smallest absolute Gasteiger partial charge is 0.417 e. The molecule has 224 valence electrons. The van der Waals surface area contributed by atoms with Gasteiger partial charge in [-0.3, -0.25) is 14.7 Å². The number of para-hydroxylation sites is 1. The summed E-state index contributed by atoms with van der Waals surface area (Å²) >= 11 is 0. The molecule has 0 radical (unpaired) electrons. The van der Waals surface area contributed by atoms with Crippen molar-refractivity contribution in [2.75, 3.05) is 18.5 Å². The quantitative estimate of drug-likeness (QED) is 0.122. The third kappa shape index (κ3) is 7.30. The first-order chi connectivity index (χ1) is 21.5. The Morgan fingerprint density at radius 3 is 2.36 bits per heavy atom. The third-order valence-electron chi connectivity index (χ3n) is 6.86. The van der Waals surface area contributed by atoms with Crippen LogP contribution in [0.3, 0.4) is 0 Å². The van der Waals surface area contributed by atoms with Crippen LogP contribution in [0.2, 0.25) is 0 Å². The molecule has 0 saturated heterocycles. The third-order valence-corrected chi connectivity index (χ3v) is 6.86. The predicted molar refractivity (Wildman–Crippen MR) is 169 cm³/mol. The maximum Gasteiger partial charge on any atom is 0.417 e. The van der Waals surface area contributed by atoms with Crippen molar-refractivity contribution in [3.05, 3.63) is 119 Å². The maximum absolute atomic E-state index is 13.9. The summed E-state index contributed by atoms with van der Waals surface area (Å²) in [5.41, 5.74) is 1.90. The number of amides is 1. The van der Waals surface area contributed by atoms with Crippen LogP contribution in [0.1, 0.15) is 36.5 Å². The van der Waals surface area contributed by atoms with E-state index in [1.807, 2.05) is 37.3 Å². The number of hydrogen-bond donors (Lipinski definition) is 1. The number of fused-ring (bicyclic) bond motifs is 1. The fourth-order valence-electron chi connectivity index (χ4n) is 4.76. The zero-order valence-corrected chi connectivity index (χ0v) is 24.4. The van der Waals surface area contributed by atoms with Gasteiger partial charge in [-0.25, -0.2) is 14.6 Å². The fraction of sp³-hybridized carbons (Fsp3) is 0.200. The summed E-state index contributed by atoms with van der Waals surface area (Å²) in [6, 6.07) is 28.4. The molecule has 3 aromatic carbocycles. The number of pyridine rings is 2. The largest absolute Gasteiger partial charge is 0.493 e. The van der Waals surface area contributed by atoms with Crippen molar-refractivity contribution in [2.24, 2.45) is 0 Å². The van der Waals surface area contributed by atoms with Crippen LogP contribution in [-0.2, 0) is 11.3 Å². The van der Waals surface area contributed by atoms with Gasteiger partial charge in [0.05, 0.1) is 18.8 Å². The molecule has 0 unspecified atom stereocenters. The number of aryl methyl sites for hydroxylation is 1. The summed E-state index contributed by atoms with van der Waals surface area (Å²) in [4.78, 5) is 43.7. The standard InChI is InChI=1S/C35H33N3O6/c1-2-3-21-38-32-29(19-11-20-36-32)30(31(33(38)39)37-35(41)44-27-16-8-5-9-17-27)26-15-10-18-28(24-26)42-22-12-23-43-34(40)25-13-6-4-7-14-25/h4-11,13-20,24H,2-3,12,21-23H2,1H3,(H,37,41). The average Bonchev–Trinajstić information content (AvgIpc) is 3.05. The normalized spacial score (nSPS) is 10.8. The molecule has 1 N–H and O–H groups in total. The molecule has 0 aliphatic heterocycles. The molecular weight excluding hydrogens is 558 g/mol. The van der Waals surface area contributed by atoms with Gasteiger partial charge >= 0.3 is 12.1 Å². The Morgan fingerprint density at radius 1 is 0.841 bits per heavy atom. The number of hydrogen-bond acceptors (Lipinski definition) is 7. The number of rotatable bonds is 12. The van der Waals surface area contributed by atoms with Gasteiger partial charge in [-0.1, -0.05) is 61.9 Å². The molecule has 2 heterocycles. The monoisotopic (exact) mass is 591 g/mol. The number of carbonyl (C=O) groups is 2. The van der Waals surface area contributed by atoms with Crippen LogP contribution in [0.4, 0.5) is 10.5 Å². The van der Waals surface area contributed by atoms with Crippen molar-refractivity contribution in [1.82, 2.24) is 9.55 Å². The molecule has 5 rings (SSSR count). The molecule has 0 atom stereocenters. The second-order valence-corrected chi connectivity index (χ2v) is 9.99. The van der Waals surface area contributed by atoms with Crippen LogP contribution in [0.15, 0.2) is 108 Å². The Kier molecular flexibility index (Phi) is 9.99. The van der Waals surface area contributed by atoms with Crippen molar-refractivity contribution in [3.63, 3.8) is 0 Å². The van der Waals surface area contributed by atoms with Gasteiger partial charge in [-0.15, -0.1) is 0 Å². The molecule has 0 saturated carbocycles. The number of esters is 1. The minimum atomic E-state index is -0.780. The number of ether oxygens (including phenoxy) is 3.